The smallest absolute Gasteiger partial charge is 0.416 e. The van der Waals surface area contributed by atoms with Gasteiger partial charge in [0.1, 0.15) is 12.4 Å². The Morgan fingerprint density at radius 3 is 2.63 bits per heavy atom. The zero-order valence-corrected chi connectivity index (χ0v) is 28.9. The molecule has 0 aliphatic carbocycles. The van der Waals surface area contributed by atoms with E-state index in [4.69, 9.17) is 16.3 Å². The van der Waals surface area contributed by atoms with Gasteiger partial charge in [0, 0.05) is 18.3 Å². The lowest BCUT2D eigenvalue weighted by Crippen LogP contribution is -2.34. The predicted molar refractivity (Wildman–Crippen MR) is 181 cm³/mol. The van der Waals surface area contributed by atoms with Crippen LogP contribution < -0.4 is 10.9 Å². The minimum Gasteiger partial charge on any atom is -0.504 e. The van der Waals surface area contributed by atoms with Gasteiger partial charge in [-0.1, -0.05) is 24.6 Å². The Hall–Kier alpha value is -5.09. The maximum Gasteiger partial charge on any atom is 0.416 e. The zero-order chi connectivity index (χ0) is 36.8. The highest BCUT2D eigenvalue weighted by Crippen LogP contribution is 2.34. The van der Waals surface area contributed by atoms with E-state index >= 15 is 0 Å². The molecule has 2 N–H and O–H groups in total. The Morgan fingerprint density at radius 2 is 1.96 bits per heavy atom. The van der Waals surface area contributed by atoms with Gasteiger partial charge in [0.2, 0.25) is 11.7 Å². The molecule has 13 nitrogen and oxygen atoms in total. The molecule has 2 amide bonds. The molecule has 1 fully saturated rings. The summed E-state index contributed by atoms with van der Waals surface area (Å²) < 4.78 is 47.7. The zero-order valence-electron chi connectivity index (χ0n) is 28.1. The Labute approximate surface area is 294 Å². The second-order valence-electron chi connectivity index (χ2n) is 12.4. The normalized spacial score (nSPS) is 17.3. The van der Waals surface area contributed by atoms with Crippen LogP contribution in [0.4, 0.5) is 18.9 Å². The SMILES string of the molecule is CCc1c(C=C2CC(C)N(C(=O)c3nc(C)nc(C)c3O)C2)c(=O)n2nc(C3=CCOCC3)nc2n1CC(=O)Nc1ccc(C(F)(F)F)cc1Cl. The van der Waals surface area contributed by atoms with Crippen molar-refractivity contribution in [2.45, 2.75) is 65.7 Å². The predicted octanol–water partition coefficient (Wildman–Crippen LogP) is 5.00. The Balaban J connectivity index is 1.40. The van der Waals surface area contributed by atoms with E-state index in [-0.39, 0.29) is 64.7 Å². The van der Waals surface area contributed by atoms with Crippen LogP contribution in [0.15, 0.2) is 34.6 Å². The first-order valence-electron chi connectivity index (χ1n) is 16.2. The third kappa shape index (κ3) is 7.10. The molecule has 3 aromatic heterocycles. The number of nitrogens with zero attached hydrogens (tertiary/aromatic N) is 7. The van der Waals surface area contributed by atoms with Crippen LogP contribution in [0.5, 0.6) is 5.75 Å². The number of ether oxygens (including phenoxy) is 1. The first-order valence-corrected chi connectivity index (χ1v) is 16.5. The maximum atomic E-state index is 14.1. The maximum absolute atomic E-state index is 14.1. The van der Waals surface area contributed by atoms with Crippen molar-refractivity contribution in [2.75, 3.05) is 25.1 Å². The fourth-order valence-corrected chi connectivity index (χ4v) is 6.53. The fourth-order valence-electron chi connectivity index (χ4n) is 6.30. The van der Waals surface area contributed by atoms with Gasteiger partial charge < -0.3 is 24.6 Å². The molecule has 1 saturated heterocycles. The molecule has 2 aliphatic rings. The van der Waals surface area contributed by atoms with Gasteiger partial charge >= 0.3 is 6.18 Å². The molecule has 0 radical (unpaired) electrons. The lowest BCUT2D eigenvalue weighted by atomic mass is 10.1. The number of halogens is 4. The van der Waals surface area contributed by atoms with Crippen molar-refractivity contribution < 1.29 is 32.6 Å². The molecule has 268 valence electrons. The average Bonchev–Trinajstić information content (AvgIpc) is 3.69. The van der Waals surface area contributed by atoms with Crippen molar-refractivity contribution in [3.8, 4) is 5.75 Å². The molecular weight excluding hydrogens is 693 g/mol. The van der Waals surface area contributed by atoms with Crippen molar-refractivity contribution in [1.82, 2.24) is 34.0 Å². The largest absolute Gasteiger partial charge is 0.504 e. The van der Waals surface area contributed by atoms with Crippen LogP contribution in [0, 0.1) is 13.8 Å². The van der Waals surface area contributed by atoms with E-state index in [0.717, 1.165) is 33.9 Å². The van der Waals surface area contributed by atoms with Crippen molar-refractivity contribution in [3.05, 3.63) is 85.1 Å². The number of carbonyl (C=O) groups excluding carboxylic acids is 2. The summed E-state index contributed by atoms with van der Waals surface area (Å²) in [5.74, 6) is -0.683. The second kappa shape index (κ2) is 13.9. The van der Waals surface area contributed by atoms with E-state index in [9.17, 15) is 32.7 Å². The molecule has 1 unspecified atom stereocenters. The van der Waals surface area contributed by atoms with E-state index in [1.165, 1.54) is 0 Å². The number of amides is 2. The number of fused-ring (bicyclic) bond motifs is 1. The first-order chi connectivity index (χ1) is 24.2. The number of aromatic nitrogens is 6. The Kier molecular flexibility index (Phi) is 9.74. The number of aromatic hydroxyl groups is 1. The van der Waals surface area contributed by atoms with Crippen molar-refractivity contribution >= 4 is 46.5 Å². The van der Waals surface area contributed by atoms with E-state index < -0.39 is 29.1 Å². The third-order valence-electron chi connectivity index (χ3n) is 8.79. The number of nitrogens with one attached hydrogen (secondary N) is 1. The van der Waals surface area contributed by atoms with Gasteiger partial charge in [-0.3, -0.25) is 14.4 Å². The lowest BCUT2D eigenvalue weighted by molar-refractivity contribution is -0.137. The average molecular weight is 727 g/mol. The molecule has 0 saturated carbocycles. The number of alkyl halides is 3. The molecular formula is C34H34ClF3N8O5. The van der Waals surface area contributed by atoms with Crippen LogP contribution >= 0.6 is 11.6 Å². The van der Waals surface area contributed by atoms with Crippen LogP contribution in [-0.2, 0) is 28.7 Å². The van der Waals surface area contributed by atoms with E-state index in [1.807, 2.05) is 19.9 Å². The minimum absolute atomic E-state index is 0.0218. The molecule has 0 bridgehead atoms. The van der Waals surface area contributed by atoms with E-state index in [2.05, 4.69) is 25.4 Å². The number of hydrogen-bond donors (Lipinski definition) is 2. The van der Waals surface area contributed by atoms with Gasteiger partial charge in [-0.05, 0) is 75.5 Å². The summed E-state index contributed by atoms with van der Waals surface area (Å²) in [5.41, 5.74) is 0.896. The summed E-state index contributed by atoms with van der Waals surface area (Å²) >= 11 is 6.11. The third-order valence-corrected chi connectivity index (χ3v) is 9.11. The molecule has 1 atom stereocenters. The minimum atomic E-state index is -4.61. The highest BCUT2D eigenvalue weighted by Gasteiger charge is 2.33. The first kappa shape index (κ1) is 35.7. The van der Waals surface area contributed by atoms with Crippen molar-refractivity contribution in [2.24, 2.45) is 0 Å². The Morgan fingerprint density at radius 1 is 1.20 bits per heavy atom. The quantitative estimate of drug-likeness (QED) is 0.268. The van der Waals surface area contributed by atoms with Crippen LogP contribution in [0.1, 0.15) is 71.3 Å². The topological polar surface area (TPSA) is 157 Å². The van der Waals surface area contributed by atoms with Gasteiger partial charge in [-0.25, -0.2) is 9.97 Å². The molecule has 4 aromatic rings. The monoisotopic (exact) mass is 726 g/mol. The molecule has 51 heavy (non-hydrogen) atoms. The van der Waals surface area contributed by atoms with Crippen LogP contribution in [0.2, 0.25) is 5.02 Å². The van der Waals surface area contributed by atoms with E-state index in [0.29, 0.717) is 43.4 Å². The van der Waals surface area contributed by atoms with E-state index in [1.54, 1.807) is 29.4 Å². The summed E-state index contributed by atoms with van der Waals surface area (Å²) in [6, 6.07) is 2.32. The number of anilines is 1. The van der Waals surface area contributed by atoms with Gasteiger partial charge in [0.25, 0.3) is 11.5 Å². The van der Waals surface area contributed by atoms with Gasteiger partial charge in [-0.2, -0.15) is 22.7 Å². The molecule has 0 spiro atoms. The number of hydrogen-bond acceptors (Lipinski definition) is 9. The summed E-state index contributed by atoms with van der Waals surface area (Å²) in [5, 5.41) is 17.4. The van der Waals surface area contributed by atoms with Gasteiger partial charge in [0.05, 0.1) is 40.7 Å². The molecule has 5 heterocycles. The molecule has 1 aromatic carbocycles. The molecule has 2 aliphatic heterocycles. The van der Waals surface area contributed by atoms with Gasteiger partial charge in [-0.15, -0.1) is 5.10 Å². The summed E-state index contributed by atoms with van der Waals surface area (Å²) in [4.78, 5) is 55.7. The standard InChI is InChI=1S/C34H34ClF3N8O5/c1-5-26-23(13-20-12-17(2)44(15-20)32(50)28-29(48)18(3)39-19(4)40-28)31(49)46-33(42-30(43-46)21-8-10-51-11-9-21)45(26)16-27(47)41-25-7-6-22(14-24(25)35)34(36,37)38/h6-8,13-14,17,48H,5,9-12,15-16H2,1-4H3,(H,41,47). The Bertz CT molecular complexity index is 2190. The lowest BCUT2D eigenvalue weighted by Gasteiger charge is -2.21. The number of benzene rings is 1. The molecule has 17 heteroatoms. The van der Waals surface area contributed by atoms with Crippen LogP contribution in [0.25, 0.3) is 17.4 Å². The highest BCUT2D eigenvalue weighted by molar-refractivity contribution is 6.33. The van der Waals surface area contributed by atoms with Gasteiger partial charge in [0.15, 0.2) is 17.3 Å². The van der Waals surface area contributed by atoms with Crippen LogP contribution in [0.3, 0.4) is 0 Å². The highest BCUT2D eigenvalue weighted by atomic mass is 35.5. The number of likely N-dealkylation sites (tertiary alicyclic amines) is 1. The summed E-state index contributed by atoms with van der Waals surface area (Å²) in [6.45, 7) is 7.42. The number of carbonyl (C=O) groups is 2. The number of rotatable bonds is 7. The van der Waals surface area contributed by atoms with Crippen molar-refractivity contribution in [1.29, 1.82) is 0 Å². The van der Waals surface area contributed by atoms with Crippen molar-refractivity contribution in [3.63, 3.8) is 0 Å². The molecule has 6 rings (SSSR count). The fraction of sp³-hybridized carbons (Fsp3) is 0.382. The number of aryl methyl sites for hydroxylation is 2. The second-order valence-corrected chi connectivity index (χ2v) is 12.8. The van der Waals surface area contributed by atoms with Crippen LogP contribution in [-0.4, -0.2) is 76.8 Å². The summed E-state index contributed by atoms with van der Waals surface area (Å²) in [7, 11) is 0. The summed E-state index contributed by atoms with van der Waals surface area (Å²) in [6.07, 6.45) is 0.105.